The lowest BCUT2D eigenvalue weighted by molar-refractivity contribution is -0.137. The molecule has 1 heterocycles. The van der Waals surface area contributed by atoms with Crippen molar-refractivity contribution in [2.45, 2.75) is 39.0 Å². The number of halogens is 3. The molecule has 2 aromatic carbocycles. The van der Waals surface area contributed by atoms with Crippen molar-refractivity contribution < 1.29 is 36.8 Å². The molecule has 5 N–H and O–H groups in total. The number of carbonyl (C=O) groups excluding carboxylic acids is 3. The van der Waals surface area contributed by atoms with E-state index in [0.29, 0.717) is 0 Å². The molecular formula is C26H31ClF2N5O6P. The van der Waals surface area contributed by atoms with E-state index in [1.807, 2.05) is 0 Å². The molecule has 0 aromatic heterocycles. The van der Waals surface area contributed by atoms with Crippen LogP contribution < -0.4 is 21.7 Å². The second-order valence-electron chi connectivity index (χ2n) is 8.98. The highest BCUT2D eigenvalue weighted by molar-refractivity contribution is 7.62. The Balaban J connectivity index is 1.79. The van der Waals surface area contributed by atoms with Gasteiger partial charge < -0.3 is 30.3 Å². The summed E-state index contributed by atoms with van der Waals surface area (Å²) in [5.41, 5.74) is 4.88. The summed E-state index contributed by atoms with van der Waals surface area (Å²) in [6.07, 6.45) is -1.73. The lowest BCUT2D eigenvalue weighted by Gasteiger charge is -2.24. The molecule has 11 nitrogen and oxygen atoms in total. The smallest absolute Gasteiger partial charge is 0.361 e. The zero-order chi connectivity index (χ0) is 30.3. The molecule has 222 valence electrons. The molecule has 0 bridgehead atoms. The fraction of sp³-hybridized carbons (Fsp3) is 0.385. The van der Waals surface area contributed by atoms with Gasteiger partial charge in [0.15, 0.2) is 0 Å². The number of hydrogen-bond donors (Lipinski definition) is 4. The van der Waals surface area contributed by atoms with Crippen molar-refractivity contribution in [2.24, 2.45) is 5.73 Å². The van der Waals surface area contributed by atoms with Crippen molar-refractivity contribution in [3.8, 4) is 0 Å². The minimum absolute atomic E-state index is 0.0104. The minimum Gasteiger partial charge on any atom is -0.376 e. The van der Waals surface area contributed by atoms with E-state index in [2.05, 4.69) is 10.6 Å². The fourth-order valence-corrected chi connectivity index (χ4v) is 6.08. The van der Waals surface area contributed by atoms with Crippen molar-refractivity contribution in [1.82, 2.24) is 10.2 Å². The van der Waals surface area contributed by atoms with Crippen LogP contribution in [-0.2, 0) is 34.5 Å². The monoisotopic (exact) mass is 613 g/mol. The number of rotatable bonds is 13. The van der Waals surface area contributed by atoms with Crippen molar-refractivity contribution in [3.63, 3.8) is 0 Å². The first-order valence-electron chi connectivity index (χ1n) is 12.7. The van der Waals surface area contributed by atoms with Gasteiger partial charge in [0, 0.05) is 29.8 Å². The Labute approximate surface area is 240 Å². The number of nitrogens with zero attached hydrogens (tertiary/aromatic N) is 1. The van der Waals surface area contributed by atoms with Crippen LogP contribution in [0.25, 0.3) is 0 Å². The number of hydrogen-bond acceptors (Lipinski definition) is 8. The molecule has 0 spiro atoms. The number of carbonyl (C=O) groups is 3. The van der Waals surface area contributed by atoms with Gasteiger partial charge in [-0.05, 0) is 38.1 Å². The summed E-state index contributed by atoms with van der Waals surface area (Å²) in [7, 11) is -3.77. The molecule has 1 fully saturated rings. The number of nitrogens with one attached hydrogen (secondary N) is 3. The molecular weight excluding hydrogens is 583 g/mol. The van der Waals surface area contributed by atoms with Crippen LogP contribution in [0.4, 0.5) is 14.5 Å². The average molecular weight is 614 g/mol. The fourth-order valence-electron chi connectivity index (χ4n) is 4.29. The summed E-state index contributed by atoms with van der Waals surface area (Å²) in [6, 6.07) is 7.15. The van der Waals surface area contributed by atoms with Crippen LogP contribution in [0, 0.1) is 11.2 Å². The van der Waals surface area contributed by atoms with Crippen LogP contribution >= 0.6 is 19.2 Å². The first-order chi connectivity index (χ1) is 19.4. The topological polar surface area (TPSA) is 164 Å². The molecule has 1 aliphatic heterocycles. The van der Waals surface area contributed by atoms with Gasteiger partial charge in [0.05, 0.1) is 36.6 Å². The lowest BCUT2D eigenvalue weighted by Crippen LogP contribution is -2.47. The molecule has 0 saturated carbocycles. The second kappa shape index (κ2) is 14.0. The molecule has 0 radical (unpaired) electrons. The van der Waals surface area contributed by atoms with Gasteiger partial charge in [-0.15, -0.1) is 0 Å². The Morgan fingerprint density at radius 1 is 1.20 bits per heavy atom. The molecule has 2 atom stereocenters. The van der Waals surface area contributed by atoms with Crippen LogP contribution in [0.5, 0.6) is 0 Å². The molecule has 3 amide bonds. The second-order valence-corrected chi connectivity index (χ2v) is 11.4. The number of anilines is 1. The Hall–Kier alpha value is -3.38. The summed E-state index contributed by atoms with van der Waals surface area (Å²) in [5, 5.41) is 13.3. The van der Waals surface area contributed by atoms with E-state index in [-0.39, 0.29) is 59.9 Å². The Morgan fingerprint density at radius 3 is 2.51 bits per heavy atom. The molecule has 1 saturated heterocycles. The third-order valence-electron chi connectivity index (χ3n) is 6.22. The molecule has 41 heavy (non-hydrogen) atoms. The largest absolute Gasteiger partial charge is 0.376 e. The lowest BCUT2D eigenvalue weighted by atomic mass is 10.1. The van der Waals surface area contributed by atoms with E-state index >= 15 is 0 Å². The van der Waals surface area contributed by atoms with Crippen molar-refractivity contribution in [1.29, 1.82) is 5.41 Å². The normalized spacial score (nSPS) is 16.9. The maximum absolute atomic E-state index is 14.4. The zero-order valence-corrected chi connectivity index (χ0v) is 24.1. The highest BCUT2D eigenvalue weighted by Crippen LogP contribution is 2.47. The number of likely N-dealkylation sites (tertiary alicyclic amines) is 1. The van der Waals surface area contributed by atoms with Gasteiger partial charge in [0.2, 0.25) is 11.8 Å². The minimum atomic E-state index is -3.77. The van der Waals surface area contributed by atoms with Crippen LogP contribution in [0.15, 0.2) is 36.4 Å². The highest BCUT2D eigenvalue weighted by Gasteiger charge is 2.39. The molecule has 1 aliphatic rings. The summed E-state index contributed by atoms with van der Waals surface area (Å²) < 4.78 is 52.5. The van der Waals surface area contributed by atoms with Gasteiger partial charge >= 0.3 is 7.60 Å². The standard InChI is InChI=1S/C26H31ClF2N5O6P/c1-3-39-41(38,40-4-2)17-8-9-18(24(30)25(31)36)20(11-17)32-13-22(35)34-14-16(28)10-21(34)26(37)33-12-15-6-5-7-19(27)23(15)29/h5-9,11,16,21,30,32H,3-4,10,12-14H2,1-2H3,(H2,31,36)(H,33,37). The molecule has 2 aromatic rings. The summed E-state index contributed by atoms with van der Waals surface area (Å²) in [6.45, 7) is 2.37. The maximum Gasteiger partial charge on any atom is 0.361 e. The molecule has 15 heteroatoms. The third kappa shape index (κ3) is 7.68. The SMILES string of the molecule is CCOP(=O)(OCC)c1ccc(C(=N)C(N)=O)c(NCC(=O)N2CC(F)CC2C(=O)NCc2cccc(Cl)c2F)c1. The third-order valence-corrected chi connectivity index (χ3v) is 8.62. The summed E-state index contributed by atoms with van der Waals surface area (Å²) >= 11 is 5.77. The zero-order valence-electron chi connectivity index (χ0n) is 22.4. The number of nitrogens with two attached hydrogens (primary N) is 1. The first kappa shape index (κ1) is 32.1. The van der Waals surface area contributed by atoms with Crippen molar-refractivity contribution in [3.05, 3.63) is 58.4 Å². The maximum atomic E-state index is 14.4. The van der Waals surface area contributed by atoms with E-state index in [0.717, 1.165) is 4.90 Å². The average Bonchev–Trinajstić information content (AvgIpc) is 3.33. The van der Waals surface area contributed by atoms with Crippen molar-refractivity contribution in [2.75, 3.05) is 31.6 Å². The van der Waals surface area contributed by atoms with Crippen LogP contribution in [0.2, 0.25) is 5.02 Å². The van der Waals surface area contributed by atoms with E-state index in [4.69, 9.17) is 31.8 Å². The Kier molecular flexibility index (Phi) is 11.0. The number of benzene rings is 2. The van der Waals surface area contributed by atoms with Gasteiger partial charge in [-0.25, -0.2) is 8.78 Å². The van der Waals surface area contributed by atoms with Crippen molar-refractivity contribution >= 4 is 53.6 Å². The van der Waals surface area contributed by atoms with Gasteiger partial charge in [-0.3, -0.25) is 24.4 Å². The predicted octanol–water partition coefficient (Wildman–Crippen LogP) is 2.89. The predicted molar refractivity (Wildman–Crippen MR) is 150 cm³/mol. The highest BCUT2D eigenvalue weighted by atomic mass is 35.5. The number of alkyl halides is 1. The summed E-state index contributed by atoms with van der Waals surface area (Å²) in [5.74, 6) is -3.08. The van der Waals surface area contributed by atoms with Crippen LogP contribution in [0.1, 0.15) is 31.4 Å². The van der Waals surface area contributed by atoms with Crippen LogP contribution in [0.3, 0.4) is 0 Å². The Bertz CT molecular complexity index is 1370. The summed E-state index contributed by atoms with van der Waals surface area (Å²) in [4.78, 5) is 38.8. The molecule has 3 rings (SSSR count). The first-order valence-corrected chi connectivity index (χ1v) is 14.6. The van der Waals surface area contributed by atoms with Gasteiger partial charge in [0.25, 0.3) is 5.91 Å². The van der Waals surface area contributed by atoms with E-state index < -0.39 is 55.6 Å². The van der Waals surface area contributed by atoms with Crippen LogP contribution in [-0.4, -0.2) is 66.8 Å². The molecule has 0 aliphatic carbocycles. The number of primary amides is 1. The van der Waals surface area contributed by atoms with Gasteiger partial charge in [0.1, 0.15) is 23.7 Å². The Morgan fingerprint density at radius 2 is 1.88 bits per heavy atom. The van der Waals surface area contributed by atoms with Gasteiger partial charge in [-0.1, -0.05) is 23.7 Å². The van der Waals surface area contributed by atoms with E-state index in [9.17, 15) is 27.7 Å². The van der Waals surface area contributed by atoms with Gasteiger partial charge in [-0.2, -0.15) is 0 Å². The van der Waals surface area contributed by atoms with E-state index in [1.165, 1.54) is 36.4 Å². The quantitative estimate of drug-likeness (QED) is 0.199. The molecule has 2 unspecified atom stereocenters. The van der Waals surface area contributed by atoms with E-state index in [1.54, 1.807) is 13.8 Å². The number of amides is 3.